The van der Waals surface area contributed by atoms with Crippen LogP contribution in [0.3, 0.4) is 0 Å². The zero-order valence-electron chi connectivity index (χ0n) is 30.4. The maximum atomic E-state index is 5.03. The van der Waals surface area contributed by atoms with Crippen LogP contribution in [0.15, 0.2) is 206 Å². The largest absolute Gasteiger partial charge is 0.309 e. The van der Waals surface area contributed by atoms with Gasteiger partial charge in [-0.2, -0.15) is 0 Å². The van der Waals surface area contributed by atoms with Gasteiger partial charge in [-0.1, -0.05) is 152 Å². The number of para-hydroxylation sites is 3. The van der Waals surface area contributed by atoms with E-state index in [2.05, 4.69) is 179 Å². The number of rotatable bonds is 6. The van der Waals surface area contributed by atoms with Crippen molar-refractivity contribution in [1.82, 2.24) is 19.1 Å². The smallest absolute Gasteiger partial charge is 0.160 e. The summed E-state index contributed by atoms with van der Waals surface area (Å²) in [5.74, 6) is 0.717. The molecule has 0 aliphatic rings. The molecule has 0 saturated heterocycles. The molecule has 3 heterocycles. The summed E-state index contributed by atoms with van der Waals surface area (Å²) in [4.78, 5) is 9.99. The van der Waals surface area contributed by atoms with E-state index < -0.39 is 0 Å². The minimum atomic E-state index is 0.717. The Morgan fingerprint density at radius 1 is 0.286 bits per heavy atom. The zero-order chi connectivity index (χ0) is 37.0. The van der Waals surface area contributed by atoms with Gasteiger partial charge in [0.2, 0.25) is 0 Å². The summed E-state index contributed by atoms with van der Waals surface area (Å²) in [7, 11) is 0. The normalized spacial score (nSPS) is 11.6. The van der Waals surface area contributed by atoms with E-state index in [1.54, 1.807) is 0 Å². The molecule has 3 aromatic heterocycles. The molecule has 56 heavy (non-hydrogen) atoms. The van der Waals surface area contributed by atoms with E-state index in [1.807, 2.05) is 36.4 Å². The van der Waals surface area contributed by atoms with Gasteiger partial charge in [-0.25, -0.2) is 9.97 Å². The van der Waals surface area contributed by atoms with E-state index in [1.165, 1.54) is 43.6 Å². The van der Waals surface area contributed by atoms with Crippen LogP contribution in [-0.2, 0) is 0 Å². The van der Waals surface area contributed by atoms with Crippen molar-refractivity contribution >= 4 is 43.6 Å². The van der Waals surface area contributed by atoms with Crippen molar-refractivity contribution in [2.24, 2.45) is 0 Å². The Morgan fingerprint density at radius 2 is 0.679 bits per heavy atom. The third kappa shape index (κ3) is 5.23. The summed E-state index contributed by atoms with van der Waals surface area (Å²) in [6.07, 6.45) is 0. The molecule has 0 radical (unpaired) electrons. The highest BCUT2D eigenvalue weighted by molar-refractivity contribution is 6.28. The fourth-order valence-electron chi connectivity index (χ4n) is 8.36. The average molecular weight is 715 g/mol. The summed E-state index contributed by atoms with van der Waals surface area (Å²) in [5.41, 5.74) is 14.3. The second-order valence-corrected chi connectivity index (χ2v) is 14.2. The van der Waals surface area contributed by atoms with Crippen molar-refractivity contribution in [1.29, 1.82) is 0 Å². The highest BCUT2D eigenvalue weighted by Gasteiger charge is 2.20. The summed E-state index contributed by atoms with van der Waals surface area (Å²) in [6.45, 7) is 0. The SMILES string of the molecule is c1ccc(-c2cc(-c3ccc(-c4ccc(-n5c6ccccc6c6c7c8ccccc8n(-c8ccccc8)c7ccc65)cc4)cc3)nc(-c3ccccc3)n2)cc1. The number of benzene rings is 8. The number of aromatic nitrogens is 4. The van der Waals surface area contributed by atoms with Crippen molar-refractivity contribution in [2.45, 2.75) is 0 Å². The Labute approximate surface area is 324 Å². The Bertz CT molecular complexity index is 3140. The molecule has 0 spiro atoms. The van der Waals surface area contributed by atoms with Gasteiger partial charge in [-0.05, 0) is 65.7 Å². The number of nitrogens with zero attached hydrogens (tertiary/aromatic N) is 4. The molecule has 0 saturated carbocycles. The van der Waals surface area contributed by atoms with Crippen molar-refractivity contribution in [3.63, 3.8) is 0 Å². The van der Waals surface area contributed by atoms with Crippen molar-refractivity contribution in [2.75, 3.05) is 0 Å². The van der Waals surface area contributed by atoms with Gasteiger partial charge in [0.15, 0.2) is 5.82 Å². The van der Waals surface area contributed by atoms with Crippen LogP contribution < -0.4 is 0 Å². The Balaban J connectivity index is 0.990. The fourth-order valence-corrected chi connectivity index (χ4v) is 8.36. The molecule has 0 fully saturated rings. The van der Waals surface area contributed by atoms with Gasteiger partial charge < -0.3 is 9.13 Å². The number of fused-ring (bicyclic) bond motifs is 7. The van der Waals surface area contributed by atoms with Crippen molar-refractivity contribution < 1.29 is 0 Å². The second kappa shape index (κ2) is 13.1. The first-order valence-electron chi connectivity index (χ1n) is 19.0. The molecular weight excluding hydrogens is 681 g/mol. The lowest BCUT2D eigenvalue weighted by Crippen LogP contribution is -1.96. The lowest BCUT2D eigenvalue weighted by atomic mass is 10.0. The molecule has 8 aromatic carbocycles. The van der Waals surface area contributed by atoms with E-state index in [9.17, 15) is 0 Å². The van der Waals surface area contributed by atoms with E-state index in [0.29, 0.717) is 0 Å². The highest BCUT2D eigenvalue weighted by Crippen LogP contribution is 2.42. The van der Waals surface area contributed by atoms with Crippen LogP contribution in [0.1, 0.15) is 0 Å². The van der Waals surface area contributed by atoms with Crippen LogP contribution >= 0.6 is 0 Å². The molecule has 0 amide bonds. The summed E-state index contributed by atoms with van der Waals surface area (Å²) in [5, 5.41) is 5.07. The first-order valence-corrected chi connectivity index (χ1v) is 19.0. The topological polar surface area (TPSA) is 35.6 Å². The Morgan fingerprint density at radius 3 is 1.21 bits per heavy atom. The minimum Gasteiger partial charge on any atom is -0.309 e. The molecule has 0 N–H and O–H groups in total. The molecule has 0 unspecified atom stereocenters. The van der Waals surface area contributed by atoms with E-state index >= 15 is 0 Å². The molecule has 262 valence electrons. The van der Waals surface area contributed by atoms with Gasteiger partial charge in [0.05, 0.1) is 33.5 Å². The van der Waals surface area contributed by atoms with E-state index in [4.69, 9.17) is 9.97 Å². The lowest BCUT2D eigenvalue weighted by Gasteiger charge is -2.11. The summed E-state index contributed by atoms with van der Waals surface area (Å²) >= 11 is 0. The molecule has 0 aliphatic heterocycles. The van der Waals surface area contributed by atoms with Crippen LogP contribution in [0.2, 0.25) is 0 Å². The van der Waals surface area contributed by atoms with E-state index in [0.717, 1.165) is 56.4 Å². The third-order valence-corrected chi connectivity index (χ3v) is 11.0. The lowest BCUT2D eigenvalue weighted by molar-refractivity contribution is 1.17. The van der Waals surface area contributed by atoms with Gasteiger partial charge in [0, 0.05) is 49.6 Å². The maximum Gasteiger partial charge on any atom is 0.160 e. The van der Waals surface area contributed by atoms with Crippen LogP contribution in [0, 0.1) is 0 Å². The summed E-state index contributed by atoms with van der Waals surface area (Å²) in [6, 6.07) is 73.1. The van der Waals surface area contributed by atoms with Crippen LogP contribution in [0.25, 0.3) is 100 Å². The van der Waals surface area contributed by atoms with Gasteiger partial charge in [0.25, 0.3) is 0 Å². The molecule has 0 atom stereocenters. The average Bonchev–Trinajstić information content (AvgIpc) is 3.80. The number of hydrogen-bond donors (Lipinski definition) is 0. The van der Waals surface area contributed by atoms with Crippen molar-refractivity contribution in [3.8, 4) is 56.4 Å². The third-order valence-electron chi connectivity index (χ3n) is 11.0. The number of hydrogen-bond acceptors (Lipinski definition) is 2. The quantitative estimate of drug-likeness (QED) is 0.172. The van der Waals surface area contributed by atoms with E-state index in [-0.39, 0.29) is 0 Å². The summed E-state index contributed by atoms with van der Waals surface area (Å²) < 4.78 is 4.81. The molecule has 4 heteroatoms. The first-order chi connectivity index (χ1) is 27.8. The van der Waals surface area contributed by atoms with Crippen molar-refractivity contribution in [3.05, 3.63) is 206 Å². The van der Waals surface area contributed by atoms with Gasteiger partial charge in [-0.15, -0.1) is 0 Å². The minimum absolute atomic E-state index is 0.717. The first kappa shape index (κ1) is 31.9. The molecule has 0 aliphatic carbocycles. The van der Waals surface area contributed by atoms with Gasteiger partial charge >= 0.3 is 0 Å². The van der Waals surface area contributed by atoms with Crippen LogP contribution in [-0.4, -0.2) is 19.1 Å². The second-order valence-electron chi connectivity index (χ2n) is 14.2. The zero-order valence-corrected chi connectivity index (χ0v) is 30.4. The predicted molar refractivity (Wildman–Crippen MR) is 232 cm³/mol. The van der Waals surface area contributed by atoms with Gasteiger partial charge in [-0.3, -0.25) is 0 Å². The highest BCUT2D eigenvalue weighted by atomic mass is 15.0. The monoisotopic (exact) mass is 714 g/mol. The molecule has 0 bridgehead atoms. The van der Waals surface area contributed by atoms with Crippen LogP contribution in [0.5, 0.6) is 0 Å². The van der Waals surface area contributed by atoms with Gasteiger partial charge in [0.1, 0.15) is 0 Å². The predicted octanol–water partition coefficient (Wildman–Crippen LogP) is 13.3. The molecular formula is C52H34N4. The fraction of sp³-hybridized carbons (Fsp3) is 0. The molecule has 11 aromatic rings. The standard InChI is InChI=1S/C52H34N4/c1-4-14-37(15-5-1)44-34-45(54-52(53-44)39-16-6-2-7-17-39)38-26-24-35(25-27-38)36-28-30-41(31-29-36)56-47-23-13-11-21-43(47)51-49(56)33-32-48-50(51)42-20-10-12-22-46(42)55(48)40-18-8-3-9-19-40/h1-34H. The molecule has 11 rings (SSSR count). The Hall–Kier alpha value is -7.56. The Kier molecular flexibility index (Phi) is 7.46. The molecule has 4 nitrogen and oxygen atoms in total. The maximum absolute atomic E-state index is 5.03. The van der Waals surface area contributed by atoms with Crippen LogP contribution in [0.4, 0.5) is 0 Å².